The van der Waals surface area contributed by atoms with E-state index in [-0.39, 0.29) is 10.6 Å². The molecule has 0 unspecified atom stereocenters. The van der Waals surface area contributed by atoms with Crippen LogP contribution in [0.3, 0.4) is 0 Å². The number of benzene rings is 1. The molecule has 2 aliphatic rings. The number of halogens is 1. The van der Waals surface area contributed by atoms with Crippen LogP contribution >= 0.6 is 15.9 Å². The van der Waals surface area contributed by atoms with Gasteiger partial charge in [-0.3, -0.25) is 10.1 Å². The smallest absolute Gasteiger partial charge is 0.273 e. The minimum atomic E-state index is -0.299. The lowest BCUT2D eigenvalue weighted by atomic mass is 9.65. The summed E-state index contributed by atoms with van der Waals surface area (Å²) in [7, 11) is 3.81. The van der Waals surface area contributed by atoms with Gasteiger partial charge in [0.25, 0.3) is 5.69 Å². The summed E-state index contributed by atoms with van der Waals surface area (Å²) in [6.07, 6.45) is 6.85. The topological polar surface area (TPSA) is 55.6 Å². The zero-order chi connectivity index (χ0) is 16.6. The monoisotopic (exact) mass is 382 g/mol. The fourth-order valence-corrected chi connectivity index (χ4v) is 4.77. The van der Waals surface area contributed by atoms with Gasteiger partial charge < -0.3 is 9.64 Å². The van der Waals surface area contributed by atoms with Crippen LogP contribution in [-0.2, 0) is 6.42 Å². The number of nitrogens with zero attached hydrogens (tertiary/aromatic N) is 2. The van der Waals surface area contributed by atoms with Gasteiger partial charge in [0, 0.05) is 17.2 Å². The lowest BCUT2D eigenvalue weighted by Crippen LogP contribution is -2.52. The molecule has 0 radical (unpaired) electrons. The van der Waals surface area contributed by atoms with E-state index in [4.69, 9.17) is 4.74 Å². The number of nitro groups is 1. The molecule has 0 N–H and O–H groups in total. The first-order valence-corrected chi connectivity index (χ1v) is 8.96. The molecule has 5 nitrogen and oxygen atoms in total. The molecule has 0 amide bonds. The van der Waals surface area contributed by atoms with E-state index in [0.717, 1.165) is 18.4 Å². The van der Waals surface area contributed by atoms with Crippen molar-refractivity contribution < 1.29 is 9.66 Å². The van der Waals surface area contributed by atoms with E-state index < -0.39 is 0 Å². The number of nitro benzene ring substituents is 1. The number of hydrogen-bond donors (Lipinski definition) is 0. The van der Waals surface area contributed by atoms with Gasteiger partial charge in [0.1, 0.15) is 5.75 Å². The molecule has 6 heteroatoms. The predicted octanol–water partition coefficient (Wildman–Crippen LogP) is 4.17. The van der Waals surface area contributed by atoms with E-state index in [1.807, 2.05) is 0 Å². The van der Waals surface area contributed by atoms with Crippen LogP contribution in [0.15, 0.2) is 16.6 Å². The molecule has 1 aromatic rings. The van der Waals surface area contributed by atoms with E-state index >= 15 is 0 Å². The Hall–Kier alpha value is -1.14. The molecule has 0 aromatic heterocycles. The van der Waals surface area contributed by atoms with Crippen molar-refractivity contribution >= 4 is 21.6 Å². The molecule has 2 fully saturated rings. The summed E-state index contributed by atoms with van der Waals surface area (Å²) in [4.78, 5) is 13.5. The molecule has 1 aliphatic carbocycles. The quantitative estimate of drug-likeness (QED) is 0.566. The molecular formula is C17H23BrN2O3. The summed E-state index contributed by atoms with van der Waals surface area (Å²) in [5, 5.41) is 11.3. The molecule has 3 rings (SSSR count). The molecule has 1 saturated heterocycles. The third kappa shape index (κ3) is 3.11. The molecule has 23 heavy (non-hydrogen) atoms. The highest BCUT2D eigenvalue weighted by Gasteiger charge is 2.48. The van der Waals surface area contributed by atoms with Crippen LogP contribution in [0, 0.1) is 16.0 Å². The van der Waals surface area contributed by atoms with Crippen LogP contribution in [0.4, 0.5) is 5.69 Å². The number of rotatable bonds is 5. The summed E-state index contributed by atoms with van der Waals surface area (Å²) < 4.78 is 5.91. The lowest BCUT2D eigenvalue weighted by Gasteiger charge is -2.50. The predicted molar refractivity (Wildman–Crippen MR) is 93.0 cm³/mol. The Balaban J connectivity index is 1.65. The molecule has 1 aliphatic heterocycles. The highest BCUT2D eigenvalue weighted by molar-refractivity contribution is 9.10. The van der Waals surface area contributed by atoms with Crippen molar-refractivity contribution in [2.45, 2.75) is 44.1 Å². The maximum atomic E-state index is 11.3. The van der Waals surface area contributed by atoms with Crippen LogP contribution in [-0.4, -0.2) is 36.1 Å². The molecule has 126 valence electrons. The number of methoxy groups -OCH3 is 1. The Morgan fingerprint density at radius 1 is 1.48 bits per heavy atom. The molecule has 1 aromatic carbocycles. The van der Waals surface area contributed by atoms with Crippen LogP contribution < -0.4 is 4.74 Å². The third-order valence-corrected chi connectivity index (χ3v) is 6.27. The molecule has 1 spiro atoms. The largest absolute Gasteiger partial charge is 0.496 e. The SMILES string of the molecule is COc1cc(CCC2CC3(CCCN3C)C2)c([N+](=O)[O-])cc1Br. The Kier molecular flexibility index (Phi) is 4.65. The highest BCUT2D eigenvalue weighted by atomic mass is 79.9. The normalized spacial score (nSPS) is 27.2. The van der Waals surface area contributed by atoms with Gasteiger partial charge in [-0.1, -0.05) is 0 Å². The number of hydrogen-bond acceptors (Lipinski definition) is 4. The summed E-state index contributed by atoms with van der Waals surface area (Å²) in [6, 6.07) is 3.36. The van der Waals surface area contributed by atoms with E-state index in [2.05, 4.69) is 27.9 Å². The lowest BCUT2D eigenvalue weighted by molar-refractivity contribution is -0.385. The van der Waals surface area contributed by atoms with Crippen molar-refractivity contribution in [2.75, 3.05) is 20.7 Å². The maximum absolute atomic E-state index is 11.3. The van der Waals surface area contributed by atoms with Gasteiger partial charge in [0.2, 0.25) is 0 Å². The Labute approximate surface area is 145 Å². The van der Waals surface area contributed by atoms with E-state index in [1.54, 1.807) is 19.2 Å². The van der Waals surface area contributed by atoms with E-state index in [0.29, 0.717) is 21.7 Å². The second-order valence-corrected chi connectivity index (χ2v) is 7.79. The Morgan fingerprint density at radius 3 is 2.78 bits per heavy atom. The van der Waals surface area contributed by atoms with Crippen molar-refractivity contribution in [3.63, 3.8) is 0 Å². The van der Waals surface area contributed by atoms with Gasteiger partial charge in [-0.25, -0.2) is 0 Å². The Bertz CT molecular complexity index is 614. The van der Waals surface area contributed by atoms with Crippen LogP contribution in [0.25, 0.3) is 0 Å². The average molecular weight is 383 g/mol. The van der Waals surface area contributed by atoms with Crippen molar-refractivity contribution in [1.29, 1.82) is 0 Å². The van der Waals surface area contributed by atoms with Crippen molar-refractivity contribution in [3.05, 3.63) is 32.3 Å². The van der Waals surface area contributed by atoms with Crippen LogP contribution in [0.2, 0.25) is 0 Å². The van der Waals surface area contributed by atoms with Crippen molar-refractivity contribution in [2.24, 2.45) is 5.92 Å². The molecule has 1 heterocycles. The van der Waals surface area contributed by atoms with Crippen LogP contribution in [0.1, 0.15) is 37.7 Å². The first kappa shape index (κ1) is 16.7. The number of ether oxygens (including phenoxy) is 1. The fourth-order valence-electron chi connectivity index (χ4n) is 4.28. The molecule has 0 atom stereocenters. The zero-order valence-corrected chi connectivity index (χ0v) is 15.3. The first-order chi connectivity index (χ1) is 10.9. The van der Waals surface area contributed by atoms with Gasteiger partial charge in [-0.2, -0.15) is 0 Å². The number of likely N-dealkylation sites (tertiary alicyclic amines) is 1. The Morgan fingerprint density at radius 2 is 2.22 bits per heavy atom. The summed E-state index contributed by atoms with van der Waals surface area (Å²) in [6.45, 7) is 1.21. The first-order valence-electron chi connectivity index (χ1n) is 8.17. The fraction of sp³-hybridized carbons (Fsp3) is 0.647. The van der Waals surface area contributed by atoms with Gasteiger partial charge in [0.15, 0.2) is 0 Å². The second-order valence-electron chi connectivity index (χ2n) is 6.93. The van der Waals surface area contributed by atoms with Gasteiger partial charge in [0.05, 0.1) is 16.5 Å². The second kappa shape index (κ2) is 6.40. The van der Waals surface area contributed by atoms with E-state index in [1.165, 1.54) is 32.2 Å². The standard InChI is InChI=1S/C17H23BrN2O3/c1-19-7-3-6-17(19)10-12(11-17)4-5-13-8-16(23-2)14(18)9-15(13)20(21)22/h8-9,12H,3-7,10-11H2,1-2H3. The van der Waals surface area contributed by atoms with Crippen molar-refractivity contribution in [3.8, 4) is 5.75 Å². The zero-order valence-electron chi connectivity index (χ0n) is 13.7. The molecular weight excluding hydrogens is 360 g/mol. The van der Waals surface area contributed by atoms with Crippen LogP contribution in [0.5, 0.6) is 5.75 Å². The van der Waals surface area contributed by atoms with E-state index in [9.17, 15) is 10.1 Å². The highest BCUT2D eigenvalue weighted by Crippen LogP contribution is 2.50. The minimum Gasteiger partial charge on any atom is -0.496 e. The van der Waals surface area contributed by atoms with Gasteiger partial charge in [-0.05, 0) is 80.0 Å². The maximum Gasteiger partial charge on any atom is 0.273 e. The third-order valence-electron chi connectivity index (χ3n) is 5.65. The summed E-state index contributed by atoms with van der Waals surface area (Å²) >= 11 is 3.33. The molecule has 0 bridgehead atoms. The minimum absolute atomic E-state index is 0.185. The van der Waals surface area contributed by atoms with Crippen molar-refractivity contribution in [1.82, 2.24) is 4.90 Å². The average Bonchev–Trinajstić information content (AvgIpc) is 2.86. The van der Waals surface area contributed by atoms with Gasteiger partial charge in [-0.15, -0.1) is 0 Å². The number of aryl methyl sites for hydroxylation is 1. The summed E-state index contributed by atoms with van der Waals surface area (Å²) in [5.74, 6) is 1.34. The van der Waals surface area contributed by atoms with Gasteiger partial charge >= 0.3 is 0 Å². The molecule has 1 saturated carbocycles. The summed E-state index contributed by atoms with van der Waals surface area (Å²) in [5.41, 5.74) is 1.40.